The van der Waals surface area contributed by atoms with E-state index in [4.69, 9.17) is 9.84 Å². The monoisotopic (exact) mass is 530 g/mol. The molecule has 1 heterocycles. The van der Waals surface area contributed by atoms with Crippen molar-refractivity contribution in [1.82, 2.24) is 4.90 Å². The van der Waals surface area contributed by atoms with Gasteiger partial charge in [-0.1, -0.05) is 55.8 Å². The van der Waals surface area contributed by atoms with Gasteiger partial charge in [0.15, 0.2) is 12.1 Å². The van der Waals surface area contributed by atoms with Gasteiger partial charge in [0.25, 0.3) is 5.91 Å². The summed E-state index contributed by atoms with van der Waals surface area (Å²) in [6, 6.07) is 15.6. The van der Waals surface area contributed by atoms with Gasteiger partial charge in [-0.25, -0.2) is 4.79 Å². The summed E-state index contributed by atoms with van der Waals surface area (Å²) in [4.78, 5) is 27.1. The van der Waals surface area contributed by atoms with E-state index in [0.717, 1.165) is 30.5 Å². The largest absolute Gasteiger partial charge is 0.481 e. The molecular weight excluding hydrogens is 504 g/mol. The average molecular weight is 531 g/mol. The average Bonchev–Trinajstić information content (AvgIpc) is 3.08. The van der Waals surface area contributed by atoms with Crippen molar-refractivity contribution in [2.45, 2.75) is 44.1 Å². The van der Waals surface area contributed by atoms with Gasteiger partial charge in [0, 0.05) is 11.7 Å². The van der Waals surface area contributed by atoms with Crippen LogP contribution in [0.15, 0.2) is 57.9 Å². The molecule has 1 saturated heterocycles. The van der Waals surface area contributed by atoms with Crippen molar-refractivity contribution in [2.24, 2.45) is 5.92 Å². The number of halogens is 1. The number of amides is 1. The third-order valence-electron chi connectivity index (χ3n) is 6.03. The summed E-state index contributed by atoms with van der Waals surface area (Å²) in [5, 5.41) is 12.4. The number of para-hydroxylation sites is 1. The summed E-state index contributed by atoms with van der Waals surface area (Å²) in [5.41, 5.74) is 1.66. The molecule has 6 nitrogen and oxygen atoms in total. The number of carbonyl (C=O) groups is 2. The zero-order valence-corrected chi connectivity index (χ0v) is 20.8. The maximum Gasteiger partial charge on any atom is 0.341 e. The first kappa shape index (κ1) is 23.7. The highest BCUT2D eigenvalue weighted by Crippen LogP contribution is 2.42. The number of nitrogens with one attached hydrogen (secondary N) is 1. The molecule has 33 heavy (non-hydrogen) atoms. The van der Waals surface area contributed by atoms with Crippen LogP contribution in [0, 0.1) is 5.92 Å². The third-order valence-corrected chi connectivity index (χ3v) is 7.76. The first-order chi connectivity index (χ1) is 15.9. The van der Waals surface area contributed by atoms with Gasteiger partial charge >= 0.3 is 5.97 Å². The Morgan fingerprint density at radius 1 is 1.24 bits per heavy atom. The Balaban J connectivity index is 1.59. The van der Waals surface area contributed by atoms with Crippen LogP contribution in [0.4, 0.5) is 5.69 Å². The van der Waals surface area contributed by atoms with Crippen molar-refractivity contribution in [3.63, 3.8) is 0 Å². The summed E-state index contributed by atoms with van der Waals surface area (Å²) >= 11 is 4.98. The Bertz CT molecular complexity index is 1050. The molecule has 2 aromatic carbocycles. The molecule has 1 aliphatic heterocycles. The quantitative estimate of drug-likeness (QED) is 0.440. The fourth-order valence-corrected chi connectivity index (χ4v) is 6.10. The van der Waals surface area contributed by atoms with Crippen molar-refractivity contribution >= 4 is 51.3 Å². The van der Waals surface area contributed by atoms with Crippen molar-refractivity contribution < 1.29 is 19.4 Å². The SMILES string of the molecule is C[C@H]1CCCC[C@H]1N1C(=O)/C(=C/c2ccc(OCC(=O)O)c(Br)c2)SC1Nc1ccccc1. The van der Waals surface area contributed by atoms with Gasteiger partial charge in [0.2, 0.25) is 0 Å². The Morgan fingerprint density at radius 3 is 2.70 bits per heavy atom. The first-order valence-corrected chi connectivity index (χ1v) is 12.8. The minimum atomic E-state index is -1.03. The molecule has 2 fully saturated rings. The molecule has 1 saturated carbocycles. The van der Waals surface area contributed by atoms with Gasteiger partial charge in [-0.05, 0) is 70.6 Å². The Kier molecular flexibility index (Phi) is 7.65. The van der Waals surface area contributed by atoms with Crippen LogP contribution < -0.4 is 10.1 Å². The zero-order chi connectivity index (χ0) is 23.4. The lowest BCUT2D eigenvalue weighted by Crippen LogP contribution is -2.48. The maximum absolute atomic E-state index is 13.6. The van der Waals surface area contributed by atoms with E-state index >= 15 is 0 Å². The van der Waals surface area contributed by atoms with Crippen LogP contribution in [0.1, 0.15) is 38.2 Å². The van der Waals surface area contributed by atoms with Crippen LogP contribution in [0.25, 0.3) is 6.08 Å². The van der Waals surface area contributed by atoms with Gasteiger partial charge in [-0.2, -0.15) is 0 Å². The van der Waals surface area contributed by atoms with Crippen molar-refractivity contribution in [3.05, 3.63) is 63.5 Å². The molecule has 4 rings (SSSR count). The lowest BCUT2D eigenvalue weighted by Gasteiger charge is -2.39. The topological polar surface area (TPSA) is 78.9 Å². The standard InChI is InChI=1S/C25H27BrN2O4S/c1-16-7-5-6-10-20(16)28-24(31)22(33-25(28)27-18-8-3-2-4-9-18)14-17-11-12-21(19(26)13-17)32-15-23(29)30/h2-4,8-9,11-14,16,20,25,27H,5-7,10,15H2,1H3,(H,29,30)/b22-14-/t16-,20+,25?/m0/s1. The molecule has 2 aliphatic rings. The first-order valence-electron chi connectivity index (χ1n) is 11.1. The molecule has 0 radical (unpaired) electrons. The van der Waals surface area contributed by atoms with Crippen LogP contribution in [-0.2, 0) is 9.59 Å². The van der Waals surface area contributed by atoms with Crippen molar-refractivity contribution in [1.29, 1.82) is 0 Å². The Labute approximate surface area is 206 Å². The number of carboxylic acids is 1. The number of nitrogens with zero attached hydrogens (tertiary/aromatic N) is 1. The number of carbonyl (C=O) groups excluding carboxylic acids is 1. The van der Waals surface area contributed by atoms with Crippen molar-refractivity contribution in [2.75, 3.05) is 11.9 Å². The number of aliphatic carboxylic acids is 1. The summed E-state index contributed by atoms with van der Waals surface area (Å²) < 4.78 is 5.92. The number of benzene rings is 2. The zero-order valence-electron chi connectivity index (χ0n) is 18.4. The molecule has 1 unspecified atom stereocenters. The van der Waals surface area contributed by atoms with Crippen LogP contribution in [0.3, 0.4) is 0 Å². The summed E-state index contributed by atoms with van der Waals surface area (Å²) in [7, 11) is 0. The van der Waals surface area contributed by atoms with E-state index in [1.165, 1.54) is 18.2 Å². The van der Waals surface area contributed by atoms with Crippen LogP contribution in [0.5, 0.6) is 5.75 Å². The number of carboxylic acid groups (broad SMARTS) is 1. The van der Waals surface area contributed by atoms with Gasteiger partial charge < -0.3 is 20.1 Å². The second-order valence-corrected chi connectivity index (χ2v) is 10.4. The van der Waals surface area contributed by atoms with Gasteiger partial charge in [-0.15, -0.1) is 0 Å². The Morgan fingerprint density at radius 2 is 2.00 bits per heavy atom. The van der Waals surface area contributed by atoms with Crippen molar-refractivity contribution in [3.8, 4) is 5.75 Å². The smallest absolute Gasteiger partial charge is 0.341 e. The Hall–Kier alpha value is -2.45. The number of ether oxygens (including phenoxy) is 1. The molecule has 0 spiro atoms. The molecule has 1 amide bonds. The second kappa shape index (κ2) is 10.7. The summed E-state index contributed by atoms with van der Waals surface area (Å²) in [5.74, 6) is -0.0710. The molecule has 174 valence electrons. The minimum absolute atomic E-state index is 0.0505. The fraction of sp³-hybridized carbons (Fsp3) is 0.360. The molecular formula is C25H27BrN2O4S. The predicted molar refractivity (Wildman–Crippen MR) is 135 cm³/mol. The number of hydrogen-bond donors (Lipinski definition) is 2. The number of anilines is 1. The number of hydrogen-bond acceptors (Lipinski definition) is 5. The lowest BCUT2D eigenvalue weighted by atomic mass is 9.85. The van der Waals surface area contributed by atoms with E-state index in [1.807, 2.05) is 53.4 Å². The maximum atomic E-state index is 13.6. The van der Waals surface area contributed by atoms with Crippen LogP contribution in [0.2, 0.25) is 0 Å². The highest BCUT2D eigenvalue weighted by molar-refractivity contribution is 9.10. The summed E-state index contributed by atoms with van der Waals surface area (Å²) in [6.45, 7) is 1.84. The molecule has 1 aliphatic carbocycles. The molecule has 2 N–H and O–H groups in total. The molecule has 2 aromatic rings. The summed E-state index contributed by atoms with van der Waals surface area (Å²) in [6.07, 6.45) is 6.42. The van der Waals surface area contributed by atoms with E-state index in [9.17, 15) is 9.59 Å². The molecule has 8 heteroatoms. The highest BCUT2D eigenvalue weighted by atomic mass is 79.9. The normalized spacial score (nSPS) is 24.2. The van der Waals surface area contributed by atoms with Crippen LogP contribution in [-0.4, -0.2) is 40.0 Å². The highest BCUT2D eigenvalue weighted by Gasteiger charge is 2.42. The van der Waals surface area contributed by atoms with E-state index < -0.39 is 12.6 Å². The predicted octanol–water partition coefficient (Wildman–Crippen LogP) is 5.80. The van der Waals surface area contributed by atoms with Crippen LogP contribution >= 0.6 is 27.7 Å². The fourth-order valence-electron chi connectivity index (χ4n) is 4.38. The third kappa shape index (κ3) is 5.73. The van der Waals surface area contributed by atoms with Gasteiger partial charge in [-0.3, -0.25) is 4.79 Å². The number of rotatable bonds is 7. The van der Waals surface area contributed by atoms with Gasteiger partial charge in [0.1, 0.15) is 5.75 Å². The molecule has 0 aromatic heterocycles. The molecule has 0 bridgehead atoms. The van der Waals surface area contributed by atoms with E-state index in [0.29, 0.717) is 21.0 Å². The minimum Gasteiger partial charge on any atom is -0.481 e. The lowest BCUT2D eigenvalue weighted by molar-refractivity contribution is -0.139. The molecule has 3 atom stereocenters. The van der Waals surface area contributed by atoms with E-state index in [1.54, 1.807) is 6.07 Å². The van der Waals surface area contributed by atoms with E-state index in [-0.39, 0.29) is 17.4 Å². The second-order valence-electron chi connectivity index (χ2n) is 8.40. The van der Waals surface area contributed by atoms with Gasteiger partial charge in [0.05, 0.1) is 9.38 Å². The number of thioether (sulfide) groups is 1. The van der Waals surface area contributed by atoms with E-state index in [2.05, 4.69) is 28.2 Å².